The molecule has 4 heteroatoms. The lowest BCUT2D eigenvalue weighted by molar-refractivity contribution is 0.414. The Kier molecular flexibility index (Phi) is 4.39. The Morgan fingerprint density at radius 3 is 2.68 bits per heavy atom. The fourth-order valence-electron chi connectivity index (χ4n) is 1.66. The Labute approximate surface area is 112 Å². The molecule has 0 heterocycles. The van der Waals surface area contributed by atoms with E-state index in [1.807, 2.05) is 54.6 Å². The van der Waals surface area contributed by atoms with E-state index in [0.717, 1.165) is 17.0 Å². The largest absolute Gasteiger partial charge is 0.497 e. The summed E-state index contributed by atoms with van der Waals surface area (Å²) in [5.41, 5.74) is 7.81. The molecule has 4 nitrogen and oxygen atoms in total. The molecule has 0 atom stereocenters. The van der Waals surface area contributed by atoms with Crippen molar-refractivity contribution in [3.63, 3.8) is 0 Å². The smallest absolute Gasteiger partial charge is 0.193 e. The summed E-state index contributed by atoms with van der Waals surface area (Å²) in [6.07, 6.45) is 0. The molecule has 98 valence electrons. The molecule has 0 aromatic heterocycles. The van der Waals surface area contributed by atoms with Gasteiger partial charge in [0.1, 0.15) is 5.75 Å². The summed E-state index contributed by atoms with van der Waals surface area (Å²) in [6.45, 7) is 0.517. The standard InChI is InChI=1S/C15H17N3O/c1-19-14-9-5-6-12(10-14)11-17-15(16)18-13-7-3-2-4-8-13/h2-10H,11H2,1H3,(H3,16,17,18). The summed E-state index contributed by atoms with van der Waals surface area (Å²) in [7, 11) is 1.65. The highest BCUT2D eigenvalue weighted by Crippen LogP contribution is 2.13. The van der Waals surface area contributed by atoms with Crippen LogP contribution >= 0.6 is 0 Å². The van der Waals surface area contributed by atoms with Gasteiger partial charge in [0.2, 0.25) is 0 Å². The lowest BCUT2D eigenvalue weighted by Gasteiger charge is -2.06. The van der Waals surface area contributed by atoms with Gasteiger partial charge in [-0.25, -0.2) is 4.99 Å². The van der Waals surface area contributed by atoms with Gasteiger partial charge in [0, 0.05) is 5.69 Å². The normalized spacial score (nSPS) is 11.1. The van der Waals surface area contributed by atoms with E-state index in [1.54, 1.807) is 7.11 Å². The minimum atomic E-state index is 0.397. The van der Waals surface area contributed by atoms with Gasteiger partial charge in [-0.1, -0.05) is 30.3 Å². The Morgan fingerprint density at radius 2 is 1.95 bits per heavy atom. The fourth-order valence-corrected chi connectivity index (χ4v) is 1.66. The fraction of sp³-hybridized carbons (Fsp3) is 0.133. The molecule has 2 rings (SSSR count). The van der Waals surface area contributed by atoms with Crippen LogP contribution in [0.4, 0.5) is 5.69 Å². The van der Waals surface area contributed by atoms with Crippen LogP contribution in [-0.2, 0) is 6.54 Å². The maximum atomic E-state index is 5.83. The molecule has 3 N–H and O–H groups in total. The Morgan fingerprint density at radius 1 is 1.16 bits per heavy atom. The Hall–Kier alpha value is -2.49. The molecule has 2 aromatic rings. The van der Waals surface area contributed by atoms with Gasteiger partial charge in [-0.3, -0.25) is 0 Å². The van der Waals surface area contributed by atoms with Crippen LogP contribution in [0, 0.1) is 0 Å². The van der Waals surface area contributed by atoms with Crippen molar-refractivity contribution in [1.82, 2.24) is 0 Å². The highest BCUT2D eigenvalue weighted by molar-refractivity contribution is 5.92. The maximum Gasteiger partial charge on any atom is 0.193 e. The van der Waals surface area contributed by atoms with Crippen LogP contribution in [0.3, 0.4) is 0 Å². The molecule has 0 radical (unpaired) electrons. The number of para-hydroxylation sites is 1. The second-order valence-electron chi connectivity index (χ2n) is 4.04. The Balaban J connectivity index is 1.97. The molecule has 2 aromatic carbocycles. The highest BCUT2D eigenvalue weighted by Gasteiger charge is 1.96. The van der Waals surface area contributed by atoms with Crippen LogP contribution in [0.1, 0.15) is 5.56 Å². The summed E-state index contributed by atoms with van der Waals surface area (Å²) in [5, 5.41) is 3.04. The summed E-state index contributed by atoms with van der Waals surface area (Å²) < 4.78 is 5.16. The van der Waals surface area contributed by atoms with Gasteiger partial charge in [0.05, 0.1) is 13.7 Å². The first kappa shape index (κ1) is 13.0. The molecule has 0 saturated carbocycles. The molecule has 0 bridgehead atoms. The molecule has 0 aliphatic rings. The van der Waals surface area contributed by atoms with E-state index in [9.17, 15) is 0 Å². The summed E-state index contributed by atoms with van der Waals surface area (Å²) in [6, 6.07) is 17.5. The van der Waals surface area contributed by atoms with Crippen LogP contribution < -0.4 is 15.8 Å². The van der Waals surface area contributed by atoms with Crippen molar-refractivity contribution in [2.75, 3.05) is 12.4 Å². The monoisotopic (exact) mass is 255 g/mol. The predicted octanol–water partition coefficient (Wildman–Crippen LogP) is 2.62. The van der Waals surface area contributed by atoms with Gasteiger partial charge in [-0.05, 0) is 29.8 Å². The van der Waals surface area contributed by atoms with E-state index in [4.69, 9.17) is 10.5 Å². The molecule has 0 aliphatic carbocycles. The van der Waals surface area contributed by atoms with Crippen LogP contribution in [0.15, 0.2) is 59.6 Å². The number of rotatable bonds is 4. The highest BCUT2D eigenvalue weighted by atomic mass is 16.5. The van der Waals surface area contributed by atoms with E-state index in [0.29, 0.717) is 12.5 Å². The molecular formula is C15H17N3O. The van der Waals surface area contributed by atoms with Gasteiger partial charge in [0.25, 0.3) is 0 Å². The minimum Gasteiger partial charge on any atom is -0.497 e. The molecule has 0 amide bonds. The van der Waals surface area contributed by atoms with Crippen LogP contribution in [-0.4, -0.2) is 13.1 Å². The van der Waals surface area contributed by atoms with Crippen molar-refractivity contribution < 1.29 is 4.74 Å². The topological polar surface area (TPSA) is 59.6 Å². The molecule has 0 fully saturated rings. The van der Waals surface area contributed by atoms with Crippen LogP contribution in [0.25, 0.3) is 0 Å². The average Bonchev–Trinajstić information content (AvgIpc) is 2.46. The third-order valence-electron chi connectivity index (χ3n) is 2.61. The van der Waals surface area contributed by atoms with E-state index >= 15 is 0 Å². The first-order valence-corrected chi connectivity index (χ1v) is 6.03. The third-order valence-corrected chi connectivity index (χ3v) is 2.61. The first-order valence-electron chi connectivity index (χ1n) is 6.03. The van der Waals surface area contributed by atoms with Gasteiger partial charge >= 0.3 is 0 Å². The van der Waals surface area contributed by atoms with Gasteiger partial charge in [0.15, 0.2) is 5.96 Å². The number of guanidine groups is 1. The molecule has 0 unspecified atom stereocenters. The SMILES string of the molecule is COc1cccc(CN=C(N)Nc2ccccc2)c1. The number of ether oxygens (including phenoxy) is 1. The Bertz CT molecular complexity index is 552. The number of nitrogens with one attached hydrogen (secondary N) is 1. The van der Waals surface area contributed by atoms with Crippen molar-refractivity contribution in [2.24, 2.45) is 10.7 Å². The number of hydrogen-bond donors (Lipinski definition) is 2. The first-order chi connectivity index (χ1) is 9.28. The zero-order valence-corrected chi connectivity index (χ0v) is 10.8. The number of nitrogens with zero attached hydrogens (tertiary/aromatic N) is 1. The minimum absolute atomic E-state index is 0.397. The number of benzene rings is 2. The zero-order valence-electron chi connectivity index (χ0n) is 10.8. The maximum absolute atomic E-state index is 5.83. The second-order valence-corrected chi connectivity index (χ2v) is 4.04. The van der Waals surface area contributed by atoms with Crippen molar-refractivity contribution in [1.29, 1.82) is 0 Å². The number of methoxy groups -OCH3 is 1. The quantitative estimate of drug-likeness (QED) is 0.652. The lowest BCUT2D eigenvalue weighted by Crippen LogP contribution is -2.22. The second kappa shape index (κ2) is 6.44. The molecule has 19 heavy (non-hydrogen) atoms. The summed E-state index contributed by atoms with van der Waals surface area (Å²) >= 11 is 0. The number of aliphatic imine (C=N–C) groups is 1. The van der Waals surface area contributed by atoms with Gasteiger partial charge in [-0.2, -0.15) is 0 Å². The molecule has 0 saturated heterocycles. The molecule has 0 aliphatic heterocycles. The van der Waals surface area contributed by atoms with Crippen LogP contribution in [0.2, 0.25) is 0 Å². The predicted molar refractivity (Wildman–Crippen MR) is 78.4 cm³/mol. The summed E-state index contributed by atoms with van der Waals surface area (Å²) in [4.78, 5) is 4.29. The lowest BCUT2D eigenvalue weighted by atomic mass is 10.2. The number of anilines is 1. The van der Waals surface area contributed by atoms with E-state index < -0.39 is 0 Å². The van der Waals surface area contributed by atoms with Crippen molar-refractivity contribution in [2.45, 2.75) is 6.54 Å². The number of hydrogen-bond acceptors (Lipinski definition) is 2. The average molecular weight is 255 g/mol. The van der Waals surface area contributed by atoms with E-state index in [1.165, 1.54) is 0 Å². The van der Waals surface area contributed by atoms with Crippen LogP contribution in [0.5, 0.6) is 5.75 Å². The van der Waals surface area contributed by atoms with Crippen molar-refractivity contribution >= 4 is 11.6 Å². The summed E-state index contributed by atoms with van der Waals surface area (Å²) in [5.74, 6) is 1.22. The van der Waals surface area contributed by atoms with Crippen molar-refractivity contribution in [3.05, 3.63) is 60.2 Å². The van der Waals surface area contributed by atoms with E-state index in [2.05, 4.69) is 10.3 Å². The number of nitrogens with two attached hydrogens (primary N) is 1. The zero-order chi connectivity index (χ0) is 13.5. The molecular weight excluding hydrogens is 238 g/mol. The van der Waals surface area contributed by atoms with E-state index in [-0.39, 0.29) is 0 Å². The van der Waals surface area contributed by atoms with Gasteiger partial charge < -0.3 is 15.8 Å². The third kappa shape index (κ3) is 4.03. The molecule has 0 spiro atoms. The van der Waals surface area contributed by atoms with Crippen molar-refractivity contribution in [3.8, 4) is 5.75 Å². The van der Waals surface area contributed by atoms with Gasteiger partial charge in [-0.15, -0.1) is 0 Å².